The van der Waals surface area contributed by atoms with E-state index in [2.05, 4.69) is 15.6 Å². The molecule has 2 fully saturated rings. The van der Waals surface area contributed by atoms with Crippen LogP contribution in [0.3, 0.4) is 0 Å². The maximum Gasteiger partial charge on any atom is 0.220 e. The van der Waals surface area contributed by atoms with E-state index in [1.54, 1.807) is 11.3 Å². The zero-order valence-electron chi connectivity index (χ0n) is 13.1. The van der Waals surface area contributed by atoms with Gasteiger partial charge in [-0.05, 0) is 45.4 Å². The van der Waals surface area contributed by atoms with Crippen molar-refractivity contribution in [2.45, 2.75) is 64.6 Å². The molecule has 2 unspecified atom stereocenters. The normalized spacial score (nSPS) is 26.0. The molecule has 3 rings (SSSR count). The van der Waals surface area contributed by atoms with E-state index >= 15 is 0 Å². The van der Waals surface area contributed by atoms with Crippen LogP contribution in [0.4, 0.5) is 0 Å². The molecule has 0 aromatic carbocycles. The van der Waals surface area contributed by atoms with Gasteiger partial charge < -0.3 is 10.6 Å². The minimum atomic E-state index is 0. The fourth-order valence-electron chi connectivity index (χ4n) is 3.59. The molecule has 0 spiro atoms. The summed E-state index contributed by atoms with van der Waals surface area (Å²) in [5.41, 5.74) is 1.05. The topological polar surface area (TPSA) is 54.0 Å². The zero-order valence-corrected chi connectivity index (χ0v) is 15.5. The minimum Gasteiger partial charge on any atom is -0.351 e. The number of carbonyl (C=O) groups is 1. The number of piperidine rings is 1. The van der Waals surface area contributed by atoms with E-state index in [0.29, 0.717) is 31.0 Å². The van der Waals surface area contributed by atoms with Gasteiger partial charge >= 0.3 is 0 Å². The van der Waals surface area contributed by atoms with Crippen molar-refractivity contribution in [1.82, 2.24) is 15.6 Å². The lowest BCUT2D eigenvalue weighted by atomic mass is 9.89. The van der Waals surface area contributed by atoms with Gasteiger partial charge in [-0.1, -0.05) is 0 Å². The molecule has 22 heavy (non-hydrogen) atoms. The standard InChI is InChI=1S/C15H23N3OS.2ClH/c1-9-14(20-10(2)17-9)8-16-15(19)7-11-5-12-3-4-13(6-11)18-12;;/h11-13,18H,3-8H2,1-2H3,(H,16,19);2*1H. The number of fused-ring (bicyclic) bond motifs is 2. The van der Waals surface area contributed by atoms with Crippen LogP contribution in [0.25, 0.3) is 0 Å². The Hall–Kier alpha value is -0.360. The summed E-state index contributed by atoms with van der Waals surface area (Å²) in [5.74, 6) is 0.764. The quantitative estimate of drug-likeness (QED) is 0.861. The Morgan fingerprint density at radius 3 is 2.45 bits per heavy atom. The molecule has 2 N–H and O–H groups in total. The highest BCUT2D eigenvalue weighted by atomic mass is 35.5. The Bertz CT molecular complexity index is 497. The van der Waals surface area contributed by atoms with Crippen LogP contribution in [-0.2, 0) is 11.3 Å². The third-order valence-electron chi connectivity index (χ3n) is 4.49. The number of carbonyl (C=O) groups excluding carboxylic acids is 1. The number of thiazole rings is 1. The molecule has 0 radical (unpaired) electrons. The fraction of sp³-hybridized carbons (Fsp3) is 0.733. The van der Waals surface area contributed by atoms with Crippen LogP contribution < -0.4 is 10.6 Å². The molecule has 0 saturated carbocycles. The van der Waals surface area contributed by atoms with Crippen LogP contribution in [0.1, 0.15) is 47.7 Å². The maximum absolute atomic E-state index is 12.1. The van der Waals surface area contributed by atoms with Crippen molar-refractivity contribution in [3.05, 3.63) is 15.6 Å². The van der Waals surface area contributed by atoms with E-state index in [0.717, 1.165) is 10.7 Å². The van der Waals surface area contributed by atoms with Crippen molar-refractivity contribution in [3.63, 3.8) is 0 Å². The Morgan fingerprint density at radius 2 is 1.91 bits per heavy atom. The van der Waals surface area contributed by atoms with Crippen molar-refractivity contribution in [1.29, 1.82) is 0 Å². The molecule has 1 amide bonds. The summed E-state index contributed by atoms with van der Waals surface area (Å²) in [5, 5.41) is 7.76. The highest BCUT2D eigenvalue weighted by Crippen LogP contribution is 2.32. The number of halogens is 2. The molecule has 2 aliphatic rings. The number of rotatable bonds is 4. The Labute approximate surface area is 148 Å². The molecule has 1 aromatic rings. The van der Waals surface area contributed by atoms with Gasteiger partial charge in [0.25, 0.3) is 0 Å². The first kappa shape index (κ1) is 19.7. The molecular weight excluding hydrogens is 341 g/mol. The summed E-state index contributed by atoms with van der Waals surface area (Å²) in [6.07, 6.45) is 5.61. The average molecular weight is 366 g/mol. The summed E-state index contributed by atoms with van der Waals surface area (Å²) >= 11 is 1.68. The van der Waals surface area contributed by atoms with Crippen LogP contribution >= 0.6 is 36.2 Å². The summed E-state index contributed by atoms with van der Waals surface area (Å²) in [6, 6.07) is 1.33. The van der Waals surface area contributed by atoms with E-state index < -0.39 is 0 Å². The molecule has 3 heterocycles. The van der Waals surface area contributed by atoms with E-state index in [-0.39, 0.29) is 30.7 Å². The SMILES string of the molecule is Cc1nc(C)c(CNC(=O)CC2CC3CCC(C2)N3)s1.Cl.Cl. The number of hydrogen-bond acceptors (Lipinski definition) is 4. The lowest BCUT2D eigenvalue weighted by molar-refractivity contribution is -0.122. The monoisotopic (exact) mass is 365 g/mol. The Morgan fingerprint density at radius 1 is 1.27 bits per heavy atom. The summed E-state index contributed by atoms with van der Waals surface area (Å²) < 4.78 is 0. The number of nitrogens with one attached hydrogen (secondary N) is 2. The summed E-state index contributed by atoms with van der Waals surface area (Å²) in [6.45, 7) is 4.65. The second-order valence-electron chi connectivity index (χ2n) is 6.20. The zero-order chi connectivity index (χ0) is 14.1. The number of hydrogen-bond donors (Lipinski definition) is 2. The number of aryl methyl sites for hydroxylation is 2. The van der Waals surface area contributed by atoms with Gasteiger partial charge in [-0.3, -0.25) is 4.79 Å². The number of aromatic nitrogens is 1. The largest absolute Gasteiger partial charge is 0.351 e. The second kappa shape index (κ2) is 8.48. The van der Waals surface area contributed by atoms with E-state index in [1.807, 2.05) is 13.8 Å². The third kappa shape index (κ3) is 4.82. The molecular formula is C15H25Cl2N3OS. The maximum atomic E-state index is 12.1. The smallest absolute Gasteiger partial charge is 0.220 e. The van der Waals surface area contributed by atoms with E-state index in [1.165, 1.54) is 30.6 Å². The van der Waals surface area contributed by atoms with Crippen molar-refractivity contribution >= 4 is 42.1 Å². The number of nitrogens with zero attached hydrogens (tertiary/aromatic N) is 1. The van der Waals surface area contributed by atoms with Crippen LogP contribution in [0.5, 0.6) is 0 Å². The highest BCUT2D eigenvalue weighted by molar-refractivity contribution is 7.11. The first-order valence-corrected chi connectivity index (χ1v) is 8.37. The molecule has 0 aliphatic carbocycles. The van der Waals surface area contributed by atoms with Crippen LogP contribution in [0.15, 0.2) is 0 Å². The van der Waals surface area contributed by atoms with Crippen molar-refractivity contribution in [2.24, 2.45) is 5.92 Å². The van der Waals surface area contributed by atoms with E-state index in [4.69, 9.17) is 0 Å². The Kier molecular flexibility index (Phi) is 7.59. The molecule has 1 aromatic heterocycles. The first-order valence-electron chi connectivity index (χ1n) is 7.56. The van der Waals surface area contributed by atoms with E-state index in [9.17, 15) is 4.79 Å². The fourth-order valence-corrected chi connectivity index (χ4v) is 4.47. The van der Waals surface area contributed by atoms with Gasteiger partial charge in [0.05, 0.1) is 17.2 Å². The highest BCUT2D eigenvalue weighted by Gasteiger charge is 2.34. The van der Waals surface area contributed by atoms with Crippen molar-refractivity contribution in [2.75, 3.05) is 0 Å². The Balaban J connectivity index is 0.00000121. The van der Waals surface area contributed by atoms with Crippen LogP contribution in [-0.4, -0.2) is 23.0 Å². The van der Waals surface area contributed by atoms with Crippen molar-refractivity contribution < 1.29 is 4.79 Å². The molecule has 2 atom stereocenters. The predicted molar refractivity (Wildman–Crippen MR) is 95.2 cm³/mol. The summed E-state index contributed by atoms with van der Waals surface area (Å²) in [7, 11) is 0. The van der Waals surface area contributed by atoms with Gasteiger partial charge in [-0.2, -0.15) is 0 Å². The first-order chi connectivity index (χ1) is 9.60. The minimum absolute atomic E-state index is 0. The molecule has 2 bridgehead atoms. The van der Waals surface area contributed by atoms with Gasteiger partial charge in [0.2, 0.25) is 5.91 Å². The molecule has 4 nitrogen and oxygen atoms in total. The van der Waals surface area contributed by atoms with Gasteiger partial charge in [-0.25, -0.2) is 4.98 Å². The molecule has 2 aliphatic heterocycles. The van der Waals surface area contributed by atoms with Crippen LogP contribution in [0.2, 0.25) is 0 Å². The molecule has 2 saturated heterocycles. The third-order valence-corrected chi connectivity index (χ3v) is 5.56. The van der Waals surface area contributed by atoms with Crippen LogP contribution in [0, 0.1) is 19.8 Å². The van der Waals surface area contributed by atoms with Gasteiger partial charge in [0, 0.05) is 23.4 Å². The lowest BCUT2D eigenvalue weighted by Gasteiger charge is -2.28. The number of amides is 1. The summed E-state index contributed by atoms with van der Waals surface area (Å²) in [4.78, 5) is 17.7. The molecule has 126 valence electrons. The van der Waals surface area contributed by atoms with Gasteiger partial charge in [0.1, 0.15) is 0 Å². The van der Waals surface area contributed by atoms with Gasteiger partial charge in [0.15, 0.2) is 0 Å². The molecule has 7 heteroatoms. The lowest BCUT2D eigenvalue weighted by Crippen LogP contribution is -2.39. The predicted octanol–water partition coefficient (Wildman–Crippen LogP) is 3.14. The second-order valence-corrected chi connectivity index (χ2v) is 7.49. The average Bonchev–Trinajstić information content (AvgIpc) is 2.89. The van der Waals surface area contributed by atoms with Crippen molar-refractivity contribution in [3.8, 4) is 0 Å². The van der Waals surface area contributed by atoms with Gasteiger partial charge in [-0.15, -0.1) is 36.2 Å².